The monoisotopic (exact) mass is 251 g/mol. The molecule has 5 nitrogen and oxygen atoms in total. The van der Waals surface area contributed by atoms with Crippen LogP contribution in [0.2, 0.25) is 0 Å². The molecule has 94 valence electrons. The van der Waals surface area contributed by atoms with Crippen molar-refractivity contribution in [1.29, 1.82) is 0 Å². The third kappa shape index (κ3) is 2.90. The van der Waals surface area contributed by atoms with Gasteiger partial charge in [0.05, 0.1) is 0 Å². The third-order valence-electron chi connectivity index (χ3n) is 2.08. The van der Waals surface area contributed by atoms with Crippen LogP contribution in [0, 0.1) is 5.92 Å². The first-order chi connectivity index (χ1) is 7.77. The maximum Gasteiger partial charge on any atom is 0.433 e. The molecule has 0 aliphatic carbocycles. The van der Waals surface area contributed by atoms with E-state index in [1.807, 2.05) is 0 Å². The summed E-state index contributed by atoms with van der Waals surface area (Å²) < 4.78 is 37.4. The molecule has 0 aromatic rings. The topological polar surface area (TPSA) is 87.0 Å². The Morgan fingerprint density at radius 1 is 1.47 bits per heavy atom. The largest absolute Gasteiger partial charge is 0.480 e. The molecule has 0 bridgehead atoms. The Labute approximate surface area is 93.3 Å². The molecule has 0 radical (unpaired) electrons. The smallest absolute Gasteiger partial charge is 0.433 e. The van der Waals surface area contributed by atoms with Crippen LogP contribution in [0.1, 0.15) is 6.42 Å². The number of rotatable bonds is 3. The summed E-state index contributed by atoms with van der Waals surface area (Å²) >= 11 is 0. The number of halogens is 3. The number of carboxylic acids is 1. The number of amides is 1. The minimum absolute atomic E-state index is 0.407. The molecular weight excluding hydrogens is 243 g/mol. The summed E-state index contributed by atoms with van der Waals surface area (Å²) in [5.41, 5.74) is -1.92. The van der Waals surface area contributed by atoms with Gasteiger partial charge in [0.15, 0.2) is 11.6 Å². The molecule has 1 unspecified atom stereocenters. The molecule has 2 N–H and O–H groups in total. The van der Waals surface area contributed by atoms with Gasteiger partial charge in [-0.25, -0.2) is 4.99 Å². The third-order valence-corrected chi connectivity index (χ3v) is 2.08. The zero-order valence-electron chi connectivity index (χ0n) is 8.36. The van der Waals surface area contributed by atoms with E-state index in [0.29, 0.717) is 6.08 Å². The van der Waals surface area contributed by atoms with Crippen LogP contribution in [-0.2, 0) is 9.59 Å². The highest BCUT2D eigenvalue weighted by Gasteiger charge is 2.42. The van der Waals surface area contributed by atoms with Crippen molar-refractivity contribution in [2.75, 3.05) is 6.61 Å². The minimum Gasteiger partial charge on any atom is -0.480 e. The number of hydrogen-bond donors (Lipinski definition) is 2. The van der Waals surface area contributed by atoms with E-state index in [0.717, 1.165) is 0 Å². The number of aliphatic carboxylic acids is 1. The number of carbonyl (C=O) groups excluding carboxylic acids is 1. The van der Waals surface area contributed by atoms with Crippen molar-refractivity contribution in [2.45, 2.75) is 12.6 Å². The Kier molecular flexibility index (Phi) is 3.66. The van der Waals surface area contributed by atoms with E-state index in [9.17, 15) is 22.8 Å². The molecule has 1 aliphatic heterocycles. The van der Waals surface area contributed by atoms with Crippen molar-refractivity contribution in [3.05, 3.63) is 11.6 Å². The average molecular weight is 251 g/mol. The molecule has 0 aromatic heterocycles. The van der Waals surface area contributed by atoms with Gasteiger partial charge in [0.1, 0.15) is 0 Å². The lowest BCUT2D eigenvalue weighted by atomic mass is 9.96. The first kappa shape index (κ1) is 13.4. The van der Waals surface area contributed by atoms with E-state index in [4.69, 9.17) is 10.2 Å². The van der Waals surface area contributed by atoms with E-state index in [1.54, 1.807) is 0 Å². The zero-order valence-corrected chi connectivity index (χ0v) is 8.36. The maximum absolute atomic E-state index is 12.5. The van der Waals surface area contributed by atoms with E-state index >= 15 is 0 Å². The fourth-order valence-electron chi connectivity index (χ4n) is 1.35. The Hall–Kier alpha value is -1.70. The summed E-state index contributed by atoms with van der Waals surface area (Å²) in [7, 11) is 0. The number of carbonyl (C=O) groups is 2. The number of carboxylic acid groups (broad SMARTS) is 1. The van der Waals surface area contributed by atoms with Crippen LogP contribution >= 0.6 is 0 Å². The van der Waals surface area contributed by atoms with Gasteiger partial charge in [-0.15, -0.1) is 0 Å². The first-order valence-electron chi connectivity index (χ1n) is 4.52. The molecule has 0 saturated carbocycles. The minimum atomic E-state index is -4.85. The molecule has 1 heterocycles. The van der Waals surface area contributed by atoms with Crippen LogP contribution in [-0.4, -0.2) is 40.6 Å². The predicted octanol–water partition coefficient (Wildman–Crippen LogP) is 0.540. The van der Waals surface area contributed by atoms with Crippen LogP contribution in [0.3, 0.4) is 0 Å². The highest BCUT2D eigenvalue weighted by molar-refractivity contribution is 6.16. The number of nitrogens with zero attached hydrogens (tertiary/aromatic N) is 1. The van der Waals surface area contributed by atoms with Gasteiger partial charge >= 0.3 is 12.1 Å². The van der Waals surface area contributed by atoms with Crippen LogP contribution < -0.4 is 0 Å². The lowest BCUT2D eigenvalue weighted by Gasteiger charge is -2.19. The number of aliphatic hydroxyl groups excluding tert-OH is 1. The zero-order chi connectivity index (χ0) is 13.2. The number of aliphatic hydroxyl groups is 1. The second kappa shape index (κ2) is 4.66. The van der Waals surface area contributed by atoms with Crippen molar-refractivity contribution < 1.29 is 33.0 Å². The molecule has 1 aliphatic rings. The highest BCUT2D eigenvalue weighted by atomic mass is 19.4. The molecule has 17 heavy (non-hydrogen) atoms. The lowest BCUT2D eigenvalue weighted by Crippen LogP contribution is -2.34. The average Bonchev–Trinajstić information content (AvgIpc) is 2.18. The summed E-state index contributed by atoms with van der Waals surface area (Å²) in [6, 6.07) is 0. The first-order valence-corrected chi connectivity index (χ1v) is 4.52. The van der Waals surface area contributed by atoms with Gasteiger partial charge in [-0.3, -0.25) is 9.59 Å². The van der Waals surface area contributed by atoms with Gasteiger partial charge in [-0.2, -0.15) is 13.2 Å². The van der Waals surface area contributed by atoms with Crippen LogP contribution in [0.4, 0.5) is 13.2 Å². The fourth-order valence-corrected chi connectivity index (χ4v) is 1.35. The Balaban J connectivity index is 3.16. The van der Waals surface area contributed by atoms with E-state index < -0.39 is 48.3 Å². The van der Waals surface area contributed by atoms with Crippen molar-refractivity contribution in [1.82, 2.24) is 0 Å². The van der Waals surface area contributed by atoms with Crippen molar-refractivity contribution in [3.8, 4) is 0 Å². The summed E-state index contributed by atoms with van der Waals surface area (Å²) in [6.07, 6.45) is -4.58. The van der Waals surface area contributed by atoms with Gasteiger partial charge in [-0.1, -0.05) is 6.08 Å². The molecular formula is C9H8F3NO4. The van der Waals surface area contributed by atoms with Crippen LogP contribution in [0.15, 0.2) is 16.6 Å². The van der Waals surface area contributed by atoms with E-state index in [1.165, 1.54) is 0 Å². The van der Waals surface area contributed by atoms with Gasteiger partial charge in [0, 0.05) is 6.61 Å². The van der Waals surface area contributed by atoms with Crippen molar-refractivity contribution in [2.24, 2.45) is 10.9 Å². The number of aliphatic imine (C=N–C) groups is 1. The van der Waals surface area contributed by atoms with Crippen molar-refractivity contribution >= 4 is 17.6 Å². The summed E-state index contributed by atoms with van der Waals surface area (Å²) in [5.74, 6) is -4.66. The maximum atomic E-state index is 12.5. The molecule has 0 saturated heterocycles. The highest BCUT2D eigenvalue weighted by Crippen LogP contribution is 2.28. The standard InChI is InChI=1S/C9H8F3NO4/c10-9(11,12)6-4(1-2-14)3-5(8(16)17)7(15)13-6/h3,5,14H,1-2H2,(H,16,17). The van der Waals surface area contributed by atoms with Crippen LogP contribution in [0.25, 0.3) is 0 Å². The van der Waals surface area contributed by atoms with Gasteiger partial charge < -0.3 is 10.2 Å². The Bertz CT molecular complexity index is 411. The molecule has 0 aromatic carbocycles. The second-order valence-corrected chi connectivity index (χ2v) is 3.28. The predicted molar refractivity (Wildman–Crippen MR) is 49.4 cm³/mol. The summed E-state index contributed by atoms with van der Waals surface area (Å²) in [6.45, 7) is -0.596. The van der Waals surface area contributed by atoms with Gasteiger partial charge in [0.25, 0.3) is 5.91 Å². The normalized spacial score (nSPS) is 20.9. The van der Waals surface area contributed by atoms with Crippen molar-refractivity contribution in [3.63, 3.8) is 0 Å². The molecule has 1 atom stereocenters. The summed E-state index contributed by atoms with van der Waals surface area (Å²) in [5, 5.41) is 17.2. The van der Waals surface area contributed by atoms with E-state index in [2.05, 4.69) is 4.99 Å². The number of hydrogen-bond acceptors (Lipinski definition) is 3. The Morgan fingerprint density at radius 2 is 2.06 bits per heavy atom. The molecule has 1 rings (SSSR count). The fraction of sp³-hybridized carbons (Fsp3) is 0.444. The van der Waals surface area contributed by atoms with Gasteiger partial charge in [-0.05, 0) is 12.0 Å². The molecule has 8 heteroatoms. The summed E-state index contributed by atoms with van der Waals surface area (Å²) in [4.78, 5) is 24.4. The second-order valence-electron chi connectivity index (χ2n) is 3.28. The molecule has 0 spiro atoms. The van der Waals surface area contributed by atoms with E-state index in [-0.39, 0.29) is 0 Å². The Morgan fingerprint density at radius 3 is 2.47 bits per heavy atom. The SMILES string of the molecule is O=C(O)C1C=C(CCO)C(C(F)(F)F)=NC1=O. The number of dihydropyridines is 1. The van der Waals surface area contributed by atoms with Gasteiger partial charge in [0.2, 0.25) is 0 Å². The lowest BCUT2D eigenvalue weighted by molar-refractivity contribution is -0.144. The number of alkyl halides is 3. The molecule has 1 amide bonds. The van der Waals surface area contributed by atoms with Crippen LogP contribution in [0.5, 0.6) is 0 Å². The molecule has 0 fully saturated rings. The quantitative estimate of drug-likeness (QED) is 0.716.